The number of pyridine rings is 1. The van der Waals surface area contributed by atoms with Crippen molar-refractivity contribution in [1.29, 1.82) is 0 Å². The number of rotatable bonds is 4. The van der Waals surface area contributed by atoms with Gasteiger partial charge in [0, 0.05) is 50.3 Å². The smallest absolute Gasteiger partial charge is 0.253 e. The fourth-order valence-corrected chi connectivity index (χ4v) is 3.84. The van der Waals surface area contributed by atoms with E-state index in [4.69, 9.17) is 4.74 Å². The van der Waals surface area contributed by atoms with Crippen molar-refractivity contribution in [3.05, 3.63) is 47.3 Å². The molecule has 0 bridgehead atoms. The van der Waals surface area contributed by atoms with Crippen molar-refractivity contribution in [2.24, 2.45) is 11.8 Å². The van der Waals surface area contributed by atoms with Gasteiger partial charge in [0.2, 0.25) is 5.91 Å². The van der Waals surface area contributed by atoms with Crippen LogP contribution >= 0.6 is 0 Å². The number of carbonyl (C=O) groups is 1. The maximum absolute atomic E-state index is 12.5. The van der Waals surface area contributed by atoms with Crippen LogP contribution in [0.25, 0.3) is 11.3 Å². The van der Waals surface area contributed by atoms with Crippen LogP contribution in [0.2, 0.25) is 0 Å². The largest absolute Gasteiger partial charge is 0.381 e. The first kappa shape index (κ1) is 17.9. The van der Waals surface area contributed by atoms with E-state index in [1.807, 2.05) is 17.0 Å². The minimum atomic E-state index is -0.0505. The van der Waals surface area contributed by atoms with Gasteiger partial charge in [-0.15, -0.1) is 0 Å². The van der Waals surface area contributed by atoms with E-state index in [1.165, 1.54) is 0 Å². The zero-order chi connectivity index (χ0) is 18.6. The van der Waals surface area contributed by atoms with E-state index in [0.717, 1.165) is 37.9 Å². The van der Waals surface area contributed by atoms with Gasteiger partial charge in [-0.25, -0.2) is 4.98 Å². The third kappa shape index (κ3) is 4.08. The minimum absolute atomic E-state index is 0.0355. The molecule has 1 amide bonds. The highest BCUT2D eigenvalue weighted by Crippen LogP contribution is 2.23. The first-order valence-corrected chi connectivity index (χ1v) is 9.54. The molecular formula is C20H24N4O3. The van der Waals surface area contributed by atoms with Crippen molar-refractivity contribution in [3.63, 3.8) is 0 Å². The number of piperidine rings is 1. The highest BCUT2D eigenvalue weighted by Gasteiger charge is 2.30. The second-order valence-corrected chi connectivity index (χ2v) is 7.34. The first-order valence-electron chi connectivity index (χ1n) is 9.54. The Morgan fingerprint density at radius 3 is 2.78 bits per heavy atom. The highest BCUT2D eigenvalue weighted by molar-refractivity contribution is 5.79. The molecule has 0 aliphatic carbocycles. The number of ether oxygens (including phenoxy) is 1. The maximum Gasteiger partial charge on any atom is 0.253 e. The molecule has 0 spiro atoms. The van der Waals surface area contributed by atoms with Gasteiger partial charge in [-0.1, -0.05) is 0 Å². The monoisotopic (exact) mass is 368 g/mol. The average molecular weight is 368 g/mol. The molecule has 1 unspecified atom stereocenters. The van der Waals surface area contributed by atoms with E-state index >= 15 is 0 Å². The second-order valence-electron chi connectivity index (χ2n) is 7.34. The molecule has 4 heterocycles. The standard InChI is InChI=1S/C20H24N4O3/c25-19-10-18(16-2-1-6-21-11-16)22-14-24(19)12-15-3-7-23(8-4-15)20(26)17-5-9-27-13-17/h1-2,6,10-11,14-15,17H,3-5,7-9,12-13H2. The summed E-state index contributed by atoms with van der Waals surface area (Å²) in [6, 6.07) is 5.28. The van der Waals surface area contributed by atoms with Crippen molar-refractivity contribution in [2.45, 2.75) is 25.8 Å². The van der Waals surface area contributed by atoms with Crippen molar-refractivity contribution in [2.75, 3.05) is 26.3 Å². The molecule has 7 nitrogen and oxygen atoms in total. The van der Waals surface area contributed by atoms with Crippen LogP contribution in [-0.4, -0.2) is 51.6 Å². The molecule has 2 aliphatic heterocycles. The molecule has 4 rings (SSSR count). The predicted octanol–water partition coefficient (Wildman–Crippen LogP) is 1.58. The first-order chi connectivity index (χ1) is 13.2. The van der Waals surface area contributed by atoms with Crippen LogP contribution in [0.3, 0.4) is 0 Å². The molecule has 0 saturated carbocycles. The van der Waals surface area contributed by atoms with Gasteiger partial charge in [0.15, 0.2) is 0 Å². The summed E-state index contributed by atoms with van der Waals surface area (Å²) in [5, 5.41) is 0. The van der Waals surface area contributed by atoms with Crippen LogP contribution in [0.15, 0.2) is 41.7 Å². The summed E-state index contributed by atoms with van der Waals surface area (Å²) in [6.45, 7) is 3.42. The van der Waals surface area contributed by atoms with Crippen LogP contribution < -0.4 is 5.56 Å². The fraction of sp³-hybridized carbons (Fsp3) is 0.500. The minimum Gasteiger partial charge on any atom is -0.381 e. The number of hydrogen-bond donors (Lipinski definition) is 0. The molecule has 2 fully saturated rings. The molecule has 1 atom stereocenters. The Kier molecular flexibility index (Phi) is 5.29. The van der Waals surface area contributed by atoms with Crippen LogP contribution in [0, 0.1) is 11.8 Å². The number of likely N-dealkylation sites (tertiary alicyclic amines) is 1. The molecular weight excluding hydrogens is 344 g/mol. The lowest BCUT2D eigenvalue weighted by molar-refractivity contribution is -0.137. The third-order valence-corrected chi connectivity index (χ3v) is 5.50. The molecule has 0 aromatic carbocycles. The number of carbonyl (C=O) groups excluding carboxylic acids is 1. The van der Waals surface area contributed by atoms with Crippen molar-refractivity contribution >= 4 is 5.91 Å². The van der Waals surface area contributed by atoms with E-state index in [1.54, 1.807) is 29.4 Å². The lowest BCUT2D eigenvalue weighted by Gasteiger charge is -2.33. The Hall–Kier alpha value is -2.54. The van der Waals surface area contributed by atoms with Gasteiger partial charge in [0.1, 0.15) is 0 Å². The maximum atomic E-state index is 12.5. The Balaban J connectivity index is 1.35. The number of hydrogen-bond acceptors (Lipinski definition) is 5. The molecule has 2 saturated heterocycles. The van der Waals surface area contributed by atoms with E-state index in [0.29, 0.717) is 31.4 Å². The summed E-state index contributed by atoms with van der Waals surface area (Å²) in [5.41, 5.74) is 1.43. The normalized spacial score (nSPS) is 20.7. The Morgan fingerprint density at radius 1 is 1.26 bits per heavy atom. The topological polar surface area (TPSA) is 77.3 Å². The van der Waals surface area contributed by atoms with Gasteiger partial charge >= 0.3 is 0 Å². The summed E-state index contributed by atoms with van der Waals surface area (Å²) in [5.74, 6) is 0.650. The summed E-state index contributed by atoms with van der Waals surface area (Å²) in [6.07, 6.45) is 7.68. The number of amides is 1. The lowest BCUT2D eigenvalue weighted by Crippen LogP contribution is -2.43. The quantitative estimate of drug-likeness (QED) is 0.819. The highest BCUT2D eigenvalue weighted by atomic mass is 16.5. The Morgan fingerprint density at radius 2 is 2.11 bits per heavy atom. The zero-order valence-corrected chi connectivity index (χ0v) is 15.3. The van der Waals surface area contributed by atoms with E-state index in [9.17, 15) is 9.59 Å². The molecule has 27 heavy (non-hydrogen) atoms. The number of nitrogens with zero attached hydrogens (tertiary/aromatic N) is 4. The molecule has 142 valence electrons. The van der Waals surface area contributed by atoms with Crippen LogP contribution in [0.5, 0.6) is 0 Å². The van der Waals surface area contributed by atoms with E-state index < -0.39 is 0 Å². The Bertz CT molecular complexity index is 838. The SMILES string of the molecule is O=C(C1CCOC1)N1CCC(Cn2cnc(-c3cccnc3)cc2=O)CC1. The molecule has 2 aromatic rings. The van der Waals surface area contributed by atoms with Gasteiger partial charge in [0.05, 0.1) is 24.5 Å². The molecule has 2 aromatic heterocycles. The van der Waals surface area contributed by atoms with E-state index in [-0.39, 0.29) is 17.4 Å². The van der Waals surface area contributed by atoms with Gasteiger partial charge in [-0.3, -0.25) is 19.1 Å². The van der Waals surface area contributed by atoms with Gasteiger partial charge in [0.25, 0.3) is 5.56 Å². The Labute approximate surface area is 158 Å². The zero-order valence-electron chi connectivity index (χ0n) is 15.3. The number of aromatic nitrogens is 3. The average Bonchev–Trinajstić information content (AvgIpc) is 3.25. The molecule has 0 radical (unpaired) electrons. The van der Waals surface area contributed by atoms with Gasteiger partial charge in [-0.05, 0) is 37.3 Å². The van der Waals surface area contributed by atoms with E-state index in [2.05, 4.69) is 9.97 Å². The summed E-state index contributed by atoms with van der Waals surface area (Å²) in [4.78, 5) is 35.4. The molecule has 0 N–H and O–H groups in total. The third-order valence-electron chi connectivity index (χ3n) is 5.50. The summed E-state index contributed by atoms with van der Waals surface area (Å²) >= 11 is 0. The van der Waals surface area contributed by atoms with Crippen LogP contribution in [0.4, 0.5) is 0 Å². The molecule has 2 aliphatic rings. The van der Waals surface area contributed by atoms with Gasteiger partial charge < -0.3 is 9.64 Å². The lowest BCUT2D eigenvalue weighted by atomic mass is 9.95. The van der Waals surface area contributed by atoms with Crippen LogP contribution in [-0.2, 0) is 16.1 Å². The summed E-state index contributed by atoms with van der Waals surface area (Å²) in [7, 11) is 0. The van der Waals surface area contributed by atoms with Crippen molar-refractivity contribution < 1.29 is 9.53 Å². The van der Waals surface area contributed by atoms with Crippen molar-refractivity contribution in [1.82, 2.24) is 19.4 Å². The fourth-order valence-electron chi connectivity index (χ4n) is 3.84. The summed E-state index contributed by atoms with van der Waals surface area (Å²) < 4.78 is 7.00. The predicted molar refractivity (Wildman–Crippen MR) is 100.0 cm³/mol. The molecule has 7 heteroatoms. The van der Waals surface area contributed by atoms with Crippen LogP contribution in [0.1, 0.15) is 19.3 Å². The van der Waals surface area contributed by atoms with Gasteiger partial charge in [-0.2, -0.15) is 0 Å². The second kappa shape index (κ2) is 8.00. The van der Waals surface area contributed by atoms with Crippen molar-refractivity contribution in [3.8, 4) is 11.3 Å².